The molecule has 0 unspecified atom stereocenters. The number of ether oxygens (including phenoxy) is 1. The Bertz CT molecular complexity index is 668. The van der Waals surface area contributed by atoms with Crippen LogP contribution in [0.1, 0.15) is 23.8 Å². The highest BCUT2D eigenvalue weighted by Gasteiger charge is 2.07. The van der Waals surface area contributed by atoms with E-state index in [0.29, 0.717) is 24.4 Å². The molecule has 0 atom stereocenters. The molecule has 0 fully saturated rings. The molecule has 0 aliphatic carbocycles. The third-order valence-electron chi connectivity index (χ3n) is 3.24. The van der Waals surface area contributed by atoms with E-state index < -0.39 is 0 Å². The number of carbonyl (C=O) groups is 2. The van der Waals surface area contributed by atoms with Crippen LogP contribution < -0.4 is 15.4 Å². The molecule has 1 aromatic carbocycles. The number of anilines is 1. The molecule has 2 aromatic rings. The number of rotatable bonds is 7. The van der Waals surface area contributed by atoms with Crippen molar-refractivity contribution in [2.75, 3.05) is 12.4 Å². The molecule has 0 aliphatic rings. The molecule has 0 aliphatic heterocycles. The summed E-state index contributed by atoms with van der Waals surface area (Å²) in [7, 11) is 1.55. The highest BCUT2D eigenvalue weighted by atomic mass is 32.1. The lowest BCUT2D eigenvalue weighted by atomic mass is 10.1. The predicted molar refractivity (Wildman–Crippen MR) is 91.8 cm³/mol. The highest BCUT2D eigenvalue weighted by molar-refractivity contribution is 7.09. The smallest absolute Gasteiger partial charge is 0.221 e. The number of benzene rings is 1. The lowest BCUT2D eigenvalue weighted by Crippen LogP contribution is -2.23. The van der Waals surface area contributed by atoms with Crippen LogP contribution in [0.3, 0.4) is 0 Å². The second-order valence-electron chi connectivity index (χ2n) is 5.07. The van der Waals surface area contributed by atoms with E-state index in [0.717, 1.165) is 12.0 Å². The van der Waals surface area contributed by atoms with Crippen LogP contribution in [0, 0.1) is 0 Å². The number of thiophene rings is 1. The Kier molecular flexibility index (Phi) is 6.17. The molecule has 6 heteroatoms. The molecule has 1 heterocycles. The van der Waals surface area contributed by atoms with Crippen LogP contribution in [-0.4, -0.2) is 18.9 Å². The van der Waals surface area contributed by atoms with Crippen molar-refractivity contribution in [2.24, 2.45) is 0 Å². The van der Waals surface area contributed by atoms with Gasteiger partial charge in [0.05, 0.1) is 12.8 Å². The standard InChI is InChI=1S/C17H20N2O3S/c1-12(20)19-15-10-13(5-7-16(15)22-2)11-18-17(21)8-6-14-4-3-9-23-14/h3-5,7,9-10H,6,8,11H2,1-2H3,(H,18,21)(H,19,20). The number of aryl methyl sites for hydroxylation is 1. The SMILES string of the molecule is COc1ccc(CNC(=O)CCc2cccs2)cc1NC(C)=O. The molecule has 122 valence electrons. The van der Waals surface area contributed by atoms with Crippen molar-refractivity contribution in [3.8, 4) is 5.75 Å². The van der Waals surface area contributed by atoms with Crippen molar-refractivity contribution in [3.63, 3.8) is 0 Å². The average molecular weight is 332 g/mol. The monoisotopic (exact) mass is 332 g/mol. The van der Waals surface area contributed by atoms with E-state index in [1.165, 1.54) is 11.8 Å². The minimum atomic E-state index is -0.166. The molecule has 2 N–H and O–H groups in total. The fraction of sp³-hybridized carbons (Fsp3) is 0.294. The van der Waals surface area contributed by atoms with E-state index in [2.05, 4.69) is 10.6 Å². The third kappa shape index (κ3) is 5.41. The van der Waals surface area contributed by atoms with Crippen LogP contribution in [0.4, 0.5) is 5.69 Å². The Balaban J connectivity index is 1.89. The Morgan fingerprint density at radius 3 is 2.74 bits per heavy atom. The van der Waals surface area contributed by atoms with Gasteiger partial charge < -0.3 is 15.4 Å². The normalized spacial score (nSPS) is 10.2. The Morgan fingerprint density at radius 1 is 1.26 bits per heavy atom. The summed E-state index contributed by atoms with van der Waals surface area (Å²) in [6.07, 6.45) is 1.22. The van der Waals surface area contributed by atoms with E-state index >= 15 is 0 Å². The lowest BCUT2D eigenvalue weighted by molar-refractivity contribution is -0.121. The predicted octanol–water partition coefficient (Wildman–Crippen LogP) is 2.96. The highest BCUT2D eigenvalue weighted by Crippen LogP contribution is 2.25. The van der Waals surface area contributed by atoms with Gasteiger partial charge in [-0.05, 0) is 35.6 Å². The molecule has 0 spiro atoms. The van der Waals surface area contributed by atoms with Gasteiger partial charge in [-0.15, -0.1) is 11.3 Å². The van der Waals surface area contributed by atoms with Crippen LogP contribution in [0.25, 0.3) is 0 Å². The maximum absolute atomic E-state index is 11.9. The molecule has 1 aromatic heterocycles. The summed E-state index contributed by atoms with van der Waals surface area (Å²) in [5, 5.41) is 7.62. The molecule has 0 radical (unpaired) electrons. The maximum Gasteiger partial charge on any atom is 0.221 e. The van der Waals surface area contributed by atoms with Gasteiger partial charge in [0.2, 0.25) is 11.8 Å². The van der Waals surface area contributed by atoms with Crippen LogP contribution >= 0.6 is 11.3 Å². The lowest BCUT2D eigenvalue weighted by Gasteiger charge is -2.11. The largest absolute Gasteiger partial charge is 0.495 e. The topological polar surface area (TPSA) is 67.4 Å². The summed E-state index contributed by atoms with van der Waals surface area (Å²) in [6, 6.07) is 9.46. The van der Waals surface area contributed by atoms with E-state index in [9.17, 15) is 9.59 Å². The number of nitrogens with one attached hydrogen (secondary N) is 2. The fourth-order valence-corrected chi connectivity index (χ4v) is 2.84. The maximum atomic E-state index is 11.9. The van der Waals surface area contributed by atoms with Crippen molar-refractivity contribution >= 4 is 28.8 Å². The summed E-state index contributed by atoms with van der Waals surface area (Å²) in [6.45, 7) is 1.86. The number of hydrogen-bond donors (Lipinski definition) is 2. The van der Waals surface area contributed by atoms with Gasteiger partial charge in [0.1, 0.15) is 5.75 Å². The first kappa shape index (κ1) is 17.0. The first-order valence-electron chi connectivity index (χ1n) is 7.32. The molecule has 2 amide bonds. The summed E-state index contributed by atoms with van der Waals surface area (Å²) in [5.74, 6) is 0.434. The van der Waals surface area contributed by atoms with Crippen molar-refractivity contribution in [2.45, 2.75) is 26.3 Å². The number of methoxy groups -OCH3 is 1. The minimum absolute atomic E-state index is 0.00953. The van der Waals surface area contributed by atoms with Crippen LogP contribution in [-0.2, 0) is 22.6 Å². The second kappa shape index (κ2) is 8.33. The number of carbonyl (C=O) groups excluding carboxylic acids is 2. The zero-order valence-electron chi connectivity index (χ0n) is 13.2. The van der Waals surface area contributed by atoms with Gasteiger partial charge in [0.25, 0.3) is 0 Å². The van der Waals surface area contributed by atoms with Crippen molar-refractivity contribution in [1.29, 1.82) is 0 Å². The van der Waals surface area contributed by atoms with Crippen LogP contribution in [0.5, 0.6) is 5.75 Å². The zero-order chi connectivity index (χ0) is 16.7. The zero-order valence-corrected chi connectivity index (χ0v) is 14.0. The molecule has 0 bridgehead atoms. The second-order valence-corrected chi connectivity index (χ2v) is 6.10. The molecular weight excluding hydrogens is 312 g/mol. The van der Waals surface area contributed by atoms with E-state index in [1.54, 1.807) is 30.6 Å². The number of amides is 2. The van der Waals surface area contributed by atoms with Crippen LogP contribution in [0.15, 0.2) is 35.7 Å². The average Bonchev–Trinajstić information content (AvgIpc) is 3.04. The summed E-state index contributed by atoms with van der Waals surface area (Å²) in [4.78, 5) is 24.3. The van der Waals surface area contributed by atoms with Gasteiger partial charge in [-0.2, -0.15) is 0 Å². The summed E-state index contributed by atoms with van der Waals surface area (Å²) in [5.41, 5.74) is 1.50. The van der Waals surface area contributed by atoms with Gasteiger partial charge in [0, 0.05) is 24.8 Å². The minimum Gasteiger partial charge on any atom is -0.495 e. The van der Waals surface area contributed by atoms with Gasteiger partial charge in [-0.3, -0.25) is 9.59 Å². The Hall–Kier alpha value is -2.34. The molecule has 23 heavy (non-hydrogen) atoms. The first-order valence-corrected chi connectivity index (χ1v) is 8.20. The van der Waals surface area contributed by atoms with Gasteiger partial charge in [0.15, 0.2) is 0 Å². The molecule has 0 saturated heterocycles. The van der Waals surface area contributed by atoms with Gasteiger partial charge >= 0.3 is 0 Å². The van der Waals surface area contributed by atoms with E-state index in [1.807, 2.05) is 23.6 Å². The van der Waals surface area contributed by atoms with Crippen molar-refractivity contribution in [3.05, 3.63) is 46.2 Å². The molecule has 2 rings (SSSR count). The Labute approximate surface area is 139 Å². The van der Waals surface area contributed by atoms with Crippen molar-refractivity contribution < 1.29 is 14.3 Å². The Morgan fingerprint density at radius 2 is 2.09 bits per heavy atom. The number of hydrogen-bond acceptors (Lipinski definition) is 4. The first-order chi connectivity index (χ1) is 11.1. The van der Waals surface area contributed by atoms with Crippen LogP contribution in [0.2, 0.25) is 0 Å². The van der Waals surface area contributed by atoms with Crippen molar-refractivity contribution in [1.82, 2.24) is 5.32 Å². The molecule has 0 saturated carbocycles. The third-order valence-corrected chi connectivity index (χ3v) is 4.18. The summed E-state index contributed by atoms with van der Waals surface area (Å²) >= 11 is 1.66. The quantitative estimate of drug-likeness (QED) is 0.819. The van der Waals surface area contributed by atoms with E-state index in [4.69, 9.17) is 4.74 Å². The van der Waals surface area contributed by atoms with Gasteiger partial charge in [-0.1, -0.05) is 12.1 Å². The molecule has 5 nitrogen and oxygen atoms in total. The van der Waals surface area contributed by atoms with E-state index in [-0.39, 0.29) is 11.8 Å². The summed E-state index contributed by atoms with van der Waals surface area (Å²) < 4.78 is 5.21. The molecular formula is C17H20N2O3S. The fourth-order valence-electron chi connectivity index (χ4n) is 2.13. The van der Waals surface area contributed by atoms with Gasteiger partial charge in [-0.25, -0.2) is 0 Å².